The number of rotatable bonds is 10. The summed E-state index contributed by atoms with van der Waals surface area (Å²) >= 11 is 1.71. The first-order chi connectivity index (χ1) is 13.2. The van der Waals surface area contributed by atoms with Gasteiger partial charge >= 0.3 is 0 Å². The largest absolute Gasteiger partial charge is 0.379 e. The van der Waals surface area contributed by atoms with Crippen LogP contribution in [-0.4, -0.2) is 67.8 Å². The quantitative estimate of drug-likeness (QED) is 0.471. The summed E-state index contributed by atoms with van der Waals surface area (Å²) in [7, 11) is 0. The molecule has 154 valence electrons. The van der Waals surface area contributed by atoms with Gasteiger partial charge in [-0.3, -0.25) is 9.89 Å². The summed E-state index contributed by atoms with van der Waals surface area (Å²) in [6.07, 6.45) is 3.32. The summed E-state index contributed by atoms with van der Waals surface area (Å²) in [6.45, 7) is 15.0. The normalized spacial score (nSPS) is 17.3. The van der Waals surface area contributed by atoms with Gasteiger partial charge in [0.05, 0.1) is 30.5 Å². The molecule has 2 N–H and O–H groups in total. The SMILES string of the molecule is CCNC(=NCC(C(CC)CC)N1CCOCC1)NCCc1csc(C)n1. The maximum atomic E-state index is 5.55. The second-order valence-electron chi connectivity index (χ2n) is 7.05. The van der Waals surface area contributed by atoms with Crippen LogP contribution in [-0.2, 0) is 11.2 Å². The lowest BCUT2D eigenvalue weighted by molar-refractivity contribution is 0.00395. The lowest BCUT2D eigenvalue weighted by Gasteiger charge is -2.38. The van der Waals surface area contributed by atoms with Gasteiger partial charge in [-0.1, -0.05) is 26.7 Å². The highest BCUT2D eigenvalue weighted by atomic mass is 32.1. The summed E-state index contributed by atoms with van der Waals surface area (Å²) in [5.41, 5.74) is 1.16. The van der Waals surface area contributed by atoms with Gasteiger partial charge in [0, 0.05) is 44.0 Å². The Labute approximate surface area is 168 Å². The smallest absolute Gasteiger partial charge is 0.191 e. The van der Waals surface area contributed by atoms with Crippen LogP contribution in [0.3, 0.4) is 0 Å². The molecule has 0 aliphatic carbocycles. The van der Waals surface area contributed by atoms with Gasteiger partial charge in [-0.05, 0) is 19.8 Å². The number of morpholine rings is 1. The number of thiazole rings is 1. The first-order valence-electron chi connectivity index (χ1n) is 10.4. The Kier molecular flexibility index (Phi) is 10.1. The Morgan fingerprint density at radius 3 is 2.59 bits per heavy atom. The number of hydrogen-bond donors (Lipinski definition) is 2. The number of guanidine groups is 1. The van der Waals surface area contributed by atoms with E-state index >= 15 is 0 Å². The molecule has 1 saturated heterocycles. The highest BCUT2D eigenvalue weighted by Crippen LogP contribution is 2.20. The first kappa shape index (κ1) is 22.1. The monoisotopic (exact) mass is 395 g/mol. The molecule has 1 aromatic heterocycles. The molecular formula is C20H37N5OS. The van der Waals surface area contributed by atoms with E-state index in [1.165, 1.54) is 12.8 Å². The highest BCUT2D eigenvalue weighted by Gasteiger charge is 2.26. The summed E-state index contributed by atoms with van der Waals surface area (Å²) in [6, 6.07) is 0.487. The second kappa shape index (κ2) is 12.3. The number of hydrogen-bond acceptors (Lipinski definition) is 5. The molecule has 27 heavy (non-hydrogen) atoms. The van der Waals surface area contributed by atoms with Crippen LogP contribution in [0.25, 0.3) is 0 Å². The van der Waals surface area contributed by atoms with Crippen LogP contribution in [0, 0.1) is 12.8 Å². The summed E-state index contributed by atoms with van der Waals surface area (Å²) in [5, 5.41) is 10.1. The van der Waals surface area contributed by atoms with Gasteiger partial charge < -0.3 is 15.4 Å². The van der Waals surface area contributed by atoms with Crippen LogP contribution in [0.4, 0.5) is 0 Å². The molecule has 0 saturated carbocycles. The molecule has 7 heteroatoms. The van der Waals surface area contributed by atoms with Crippen molar-refractivity contribution >= 4 is 17.3 Å². The third-order valence-corrected chi connectivity index (χ3v) is 6.05. The van der Waals surface area contributed by atoms with E-state index < -0.39 is 0 Å². The first-order valence-corrected chi connectivity index (χ1v) is 11.3. The molecule has 1 aromatic rings. The van der Waals surface area contributed by atoms with Gasteiger partial charge in [-0.15, -0.1) is 11.3 Å². The molecular weight excluding hydrogens is 358 g/mol. The van der Waals surface area contributed by atoms with Crippen molar-refractivity contribution in [3.8, 4) is 0 Å². The lowest BCUT2D eigenvalue weighted by Crippen LogP contribution is -2.49. The Hall–Kier alpha value is -1.18. The average molecular weight is 396 g/mol. The Morgan fingerprint density at radius 1 is 1.26 bits per heavy atom. The Bertz CT molecular complexity index is 552. The fourth-order valence-corrected chi connectivity index (χ4v) is 4.31. The number of aryl methyl sites for hydroxylation is 1. The minimum absolute atomic E-state index is 0.487. The second-order valence-corrected chi connectivity index (χ2v) is 8.11. The van der Waals surface area contributed by atoms with Gasteiger partial charge in [-0.2, -0.15) is 0 Å². The number of nitrogens with zero attached hydrogens (tertiary/aromatic N) is 3. The fourth-order valence-electron chi connectivity index (χ4n) is 3.66. The summed E-state index contributed by atoms with van der Waals surface area (Å²) in [4.78, 5) is 12.0. The molecule has 0 aromatic carbocycles. The highest BCUT2D eigenvalue weighted by molar-refractivity contribution is 7.09. The Morgan fingerprint density at radius 2 is 2.00 bits per heavy atom. The Balaban J connectivity index is 1.94. The van der Waals surface area contributed by atoms with Crippen molar-refractivity contribution in [3.63, 3.8) is 0 Å². The van der Waals surface area contributed by atoms with Crippen LogP contribution >= 0.6 is 11.3 Å². The van der Waals surface area contributed by atoms with Crippen molar-refractivity contribution in [2.45, 2.75) is 53.0 Å². The van der Waals surface area contributed by atoms with Gasteiger partial charge in [0.1, 0.15) is 0 Å². The molecule has 1 aliphatic heterocycles. The third kappa shape index (κ3) is 7.39. The molecule has 1 fully saturated rings. The predicted molar refractivity (Wildman–Crippen MR) is 115 cm³/mol. The standard InChI is InChI=1S/C20H37N5OS/c1-5-17(6-2)19(25-10-12-26-13-11-25)14-23-20(21-7-3)22-9-8-18-15-27-16(4)24-18/h15,17,19H,5-14H2,1-4H3,(H2,21,22,23). The number of ether oxygens (including phenoxy) is 1. The van der Waals surface area contributed by atoms with Crippen LogP contribution in [0.1, 0.15) is 44.3 Å². The number of aromatic nitrogens is 1. The lowest BCUT2D eigenvalue weighted by atomic mass is 9.92. The van der Waals surface area contributed by atoms with Crippen molar-refractivity contribution in [2.75, 3.05) is 45.9 Å². The minimum Gasteiger partial charge on any atom is -0.379 e. The van der Waals surface area contributed by atoms with Crippen molar-refractivity contribution in [3.05, 3.63) is 16.1 Å². The van der Waals surface area contributed by atoms with Crippen LogP contribution in [0.15, 0.2) is 10.4 Å². The molecule has 0 bridgehead atoms. The molecule has 0 spiro atoms. The van der Waals surface area contributed by atoms with Crippen molar-refractivity contribution in [2.24, 2.45) is 10.9 Å². The van der Waals surface area contributed by atoms with Gasteiger partial charge in [-0.25, -0.2) is 4.98 Å². The minimum atomic E-state index is 0.487. The summed E-state index contributed by atoms with van der Waals surface area (Å²) < 4.78 is 5.55. The topological polar surface area (TPSA) is 61.8 Å². The molecule has 1 atom stereocenters. The van der Waals surface area contributed by atoms with Crippen molar-refractivity contribution in [1.29, 1.82) is 0 Å². The molecule has 0 radical (unpaired) electrons. The zero-order valence-corrected chi connectivity index (χ0v) is 18.3. The van der Waals surface area contributed by atoms with Gasteiger partial charge in [0.15, 0.2) is 5.96 Å². The average Bonchev–Trinajstić information content (AvgIpc) is 3.10. The predicted octanol–water partition coefficient (Wildman–Crippen LogP) is 2.69. The van der Waals surface area contributed by atoms with E-state index in [1.54, 1.807) is 11.3 Å². The van der Waals surface area contributed by atoms with Crippen LogP contribution in [0.5, 0.6) is 0 Å². The van der Waals surface area contributed by atoms with E-state index in [-0.39, 0.29) is 0 Å². The molecule has 2 rings (SSSR count). The maximum Gasteiger partial charge on any atom is 0.191 e. The summed E-state index contributed by atoms with van der Waals surface area (Å²) in [5.74, 6) is 1.58. The number of aliphatic imine (C=N–C) groups is 1. The van der Waals surface area contributed by atoms with E-state index in [9.17, 15) is 0 Å². The molecule has 0 amide bonds. The van der Waals surface area contributed by atoms with E-state index in [0.717, 1.165) is 69.0 Å². The van der Waals surface area contributed by atoms with Crippen LogP contribution < -0.4 is 10.6 Å². The van der Waals surface area contributed by atoms with E-state index in [4.69, 9.17) is 9.73 Å². The zero-order chi connectivity index (χ0) is 19.5. The van der Waals surface area contributed by atoms with Crippen molar-refractivity contribution in [1.82, 2.24) is 20.5 Å². The fraction of sp³-hybridized carbons (Fsp3) is 0.800. The third-order valence-electron chi connectivity index (χ3n) is 5.23. The molecule has 1 aliphatic rings. The van der Waals surface area contributed by atoms with E-state index in [0.29, 0.717) is 12.0 Å². The van der Waals surface area contributed by atoms with Crippen molar-refractivity contribution < 1.29 is 4.74 Å². The molecule has 1 unspecified atom stereocenters. The maximum absolute atomic E-state index is 5.55. The number of nitrogens with one attached hydrogen (secondary N) is 2. The molecule has 2 heterocycles. The molecule has 6 nitrogen and oxygen atoms in total. The van der Waals surface area contributed by atoms with Gasteiger partial charge in [0.25, 0.3) is 0 Å². The van der Waals surface area contributed by atoms with E-state index in [2.05, 4.69) is 53.6 Å². The zero-order valence-electron chi connectivity index (χ0n) is 17.5. The van der Waals surface area contributed by atoms with Gasteiger partial charge in [0.2, 0.25) is 0 Å². The van der Waals surface area contributed by atoms with E-state index in [1.807, 2.05) is 0 Å². The van der Waals surface area contributed by atoms with Crippen LogP contribution in [0.2, 0.25) is 0 Å².